The van der Waals surface area contributed by atoms with E-state index < -0.39 is 10.2 Å². The minimum Gasteiger partial charge on any atom is -0.201 e. The molecule has 72 valence electrons. The van der Waals surface area contributed by atoms with Crippen molar-refractivity contribution in [1.82, 2.24) is 9.44 Å². The quantitative estimate of drug-likeness (QED) is 0.552. The first-order chi connectivity index (χ1) is 6.12. The SMILES string of the molecule is N#CCCNS(=O)(=O)NCCC#N. The molecule has 0 radical (unpaired) electrons. The summed E-state index contributed by atoms with van der Waals surface area (Å²) in [5, 5.41) is 16.3. The van der Waals surface area contributed by atoms with E-state index in [0.29, 0.717) is 0 Å². The predicted octanol–water partition coefficient (Wildman–Crippen LogP) is -0.762. The van der Waals surface area contributed by atoms with Crippen molar-refractivity contribution >= 4 is 10.2 Å². The molecule has 0 aromatic carbocycles. The summed E-state index contributed by atoms with van der Waals surface area (Å²) in [4.78, 5) is 0. The second kappa shape index (κ2) is 6.38. The van der Waals surface area contributed by atoms with Crippen LogP contribution in [-0.4, -0.2) is 21.5 Å². The van der Waals surface area contributed by atoms with Crippen molar-refractivity contribution in [3.8, 4) is 12.1 Å². The number of nitriles is 2. The third-order valence-corrected chi connectivity index (χ3v) is 2.23. The molecule has 0 saturated heterocycles. The molecule has 6 nitrogen and oxygen atoms in total. The normalized spacial score (nSPS) is 10.3. The van der Waals surface area contributed by atoms with Gasteiger partial charge in [-0.1, -0.05) is 0 Å². The average molecular weight is 202 g/mol. The average Bonchev–Trinajstić information content (AvgIpc) is 2.05. The zero-order chi connectivity index (χ0) is 10.2. The van der Waals surface area contributed by atoms with Crippen LogP contribution in [-0.2, 0) is 10.2 Å². The van der Waals surface area contributed by atoms with Gasteiger partial charge in [0.25, 0.3) is 10.2 Å². The number of hydrogen-bond donors (Lipinski definition) is 2. The fourth-order valence-electron chi connectivity index (χ4n) is 0.534. The standard InChI is InChI=1S/C6H10N4O2S/c7-3-1-5-9-13(11,12)10-6-2-4-8/h9-10H,1-2,5-6H2. The Labute approximate surface area is 77.3 Å². The highest BCUT2D eigenvalue weighted by Crippen LogP contribution is 1.80. The van der Waals surface area contributed by atoms with Crippen molar-refractivity contribution in [3.05, 3.63) is 0 Å². The summed E-state index contributed by atoms with van der Waals surface area (Å²) < 4.78 is 26.2. The number of nitrogens with one attached hydrogen (secondary N) is 2. The maximum atomic E-state index is 10.9. The summed E-state index contributed by atoms with van der Waals surface area (Å²) in [6.07, 6.45) is 0.248. The molecule has 0 aliphatic heterocycles. The van der Waals surface area contributed by atoms with Gasteiger partial charge in [0.05, 0.1) is 12.1 Å². The van der Waals surface area contributed by atoms with E-state index in [1.54, 1.807) is 12.1 Å². The predicted molar refractivity (Wildman–Crippen MR) is 45.4 cm³/mol. The van der Waals surface area contributed by atoms with E-state index in [-0.39, 0.29) is 25.9 Å². The van der Waals surface area contributed by atoms with Gasteiger partial charge in [-0.3, -0.25) is 0 Å². The topological polar surface area (TPSA) is 106 Å². The first-order valence-corrected chi connectivity index (χ1v) is 5.09. The van der Waals surface area contributed by atoms with Crippen molar-refractivity contribution in [2.24, 2.45) is 0 Å². The Morgan fingerprint density at radius 2 is 1.38 bits per heavy atom. The first kappa shape index (κ1) is 11.8. The maximum Gasteiger partial charge on any atom is 0.276 e. The zero-order valence-corrected chi connectivity index (χ0v) is 7.76. The second-order valence-corrected chi connectivity index (χ2v) is 3.69. The molecule has 0 heterocycles. The minimum absolute atomic E-state index is 0.0817. The molecule has 0 unspecified atom stereocenters. The molecule has 2 N–H and O–H groups in total. The van der Waals surface area contributed by atoms with E-state index in [1.807, 2.05) is 0 Å². The smallest absolute Gasteiger partial charge is 0.201 e. The third-order valence-electron chi connectivity index (χ3n) is 1.06. The molecule has 7 heteroatoms. The van der Waals surface area contributed by atoms with Crippen LogP contribution in [0.1, 0.15) is 12.8 Å². The lowest BCUT2D eigenvalue weighted by molar-refractivity contribution is 0.568. The summed E-state index contributed by atoms with van der Waals surface area (Å²) in [5.41, 5.74) is 0. The fraction of sp³-hybridized carbons (Fsp3) is 0.667. The molecule has 0 amide bonds. The van der Waals surface area contributed by atoms with Crippen molar-refractivity contribution < 1.29 is 8.42 Å². The Kier molecular flexibility index (Phi) is 5.81. The lowest BCUT2D eigenvalue weighted by Crippen LogP contribution is -2.37. The van der Waals surface area contributed by atoms with Gasteiger partial charge in [0, 0.05) is 25.9 Å². The first-order valence-electron chi connectivity index (χ1n) is 3.60. The molecular weight excluding hydrogens is 192 g/mol. The van der Waals surface area contributed by atoms with E-state index in [4.69, 9.17) is 10.5 Å². The van der Waals surface area contributed by atoms with Crippen LogP contribution in [0.15, 0.2) is 0 Å². The van der Waals surface area contributed by atoms with Gasteiger partial charge in [-0.15, -0.1) is 0 Å². The van der Waals surface area contributed by atoms with E-state index >= 15 is 0 Å². The maximum absolute atomic E-state index is 10.9. The zero-order valence-electron chi connectivity index (χ0n) is 6.95. The minimum atomic E-state index is -3.53. The van der Waals surface area contributed by atoms with E-state index in [1.165, 1.54) is 0 Å². The van der Waals surface area contributed by atoms with Crippen molar-refractivity contribution in [2.45, 2.75) is 12.8 Å². The van der Waals surface area contributed by atoms with Crippen LogP contribution >= 0.6 is 0 Å². The van der Waals surface area contributed by atoms with E-state index in [9.17, 15) is 8.42 Å². The van der Waals surface area contributed by atoms with Crippen LogP contribution in [0, 0.1) is 22.7 Å². The van der Waals surface area contributed by atoms with Gasteiger partial charge < -0.3 is 0 Å². The van der Waals surface area contributed by atoms with Crippen LogP contribution in [0.5, 0.6) is 0 Å². The Balaban J connectivity index is 3.71. The molecular formula is C6H10N4O2S. The monoisotopic (exact) mass is 202 g/mol. The van der Waals surface area contributed by atoms with Crippen molar-refractivity contribution in [3.63, 3.8) is 0 Å². The van der Waals surface area contributed by atoms with Crippen LogP contribution in [0.3, 0.4) is 0 Å². The van der Waals surface area contributed by atoms with Crippen molar-refractivity contribution in [2.75, 3.05) is 13.1 Å². The summed E-state index contributed by atoms with van der Waals surface area (Å²) in [5.74, 6) is 0. The fourth-order valence-corrected chi connectivity index (χ4v) is 1.38. The van der Waals surface area contributed by atoms with Gasteiger partial charge in [-0.25, -0.2) is 9.44 Å². The van der Waals surface area contributed by atoms with Gasteiger partial charge in [0.15, 0.2) is 0 Å². The van der Waals surface area contributed by atoms with Crippen LogP contribution in [0.4, 0.5) is 0 Å². The van der Waals surface area contributed by atoms with Crippen molar-refractivity contribution in [1.29, 1.82) is 10.5 Å². The lowest BCUT2D eigenvalue weighted by atomic mass is 10.5. The lowest BCUT2D eigenvalue weighted by Gasteiger charge is -2.03. The van der Waals surface area contributed by atoms with E-state index in [2.05, 4.69) is 9.44 Å². The molecule has 0 aliphatic rings. The van der Waals surface area contributed by atoms with Crippen LogP contribution in [0.25, 0.3) is 0 Å². The molecule has 0 atom stereocenters. The molecule has 0 saturated carbocycles. The molecule has 0 aliphatic carbocycles. The molecule has 0 aromatic heterocycles. The Hall–Kier alpha value is -1.15. The Morgan fingerprint density at radius 3 is 1.69 bits per heavy atom. The summed E-state index contributed by atoms with van der Waals surface area (Å²) in [6, 6.07) is 3.60. The summed E-state index contributed by atoms with van der Waals surface area (Å²) in [6.45, 7) is 0.163. The molecule has 0 spiro atoms. The Bertz CT molecular complexity index is 285. The molecule has 0 fully saturated rings. The highest BCUT2D eigenvalue weighted by molar-refractivity contribution is 7.87. The number of nitrogens with zero attached hydrogens (tertiary/aromatic N) is 2. The van der Waals surface area contributed by atoms with Crippen LogP contribution in [0.2, 0.25) is 0 Å². The summed E-state index contributed by atoms with van der Waals surface area (Å²) in [7, 11) is -3.53. The van der Waals surface area contributed by atoms with Crippen LogP contribution < -0.4 is 9.44 Å². The third kappa shape index (κ3) is 7.22. The van der Waals surface area contributed by atoms with Gasteiger partial charge in [-0.05, 0) is 0 Å². The largest absolute Gasteiger partial charge is 0.276 e. The highest BCUT2D eigenvalue weighted by atomic mass is 32.2. The van der Waals surface area contributed by atoms with Gasteiger partial charge in [0.1, 0.15) is 0 Å². The molecule has 0 aromatic rings. The van der Waals surface area contributed by atoms with Gasteiger partial charge >= 0.3 is 0 Å². The molecule has 0 bridgehead atoms. The highest BCUT2D eigenvalue weighted by Gasteiger charge is 2.06. The Morgan fingerprint density at radius 1 is 1.00 bits per heavy atom. The van der Waals surface area contributed by atoms with Gasteiger partial charge in [0.2, 0.25) is 0 Å². The van der Waals surface area contributed by atoms with E-state index in [0.717, 1.165) is 0 Å². The number of rotatable bonds is 6. The molecule has 13 heavy (non-hydrogen) atoms. The second-order valence-electron chi connectivity index (χ2n) is 2.11. The molecule has 0 rings (SSSR count). The summed E-state index contributed by atoms with van der Waals surface area (Å²) >= 11 is 0. The van der Waals surface area contributed by atoms with Gasteiger partial charge in [-0.2, -0.15) is 18.9 Å². The number of hydrogen-bond acceptors (Lipinski definition) is 4.